The van der Waals surface area contributed by atoms with Crippen LogP contribution in [0.5, 0.6) is 0 Å². The predicted octanol–water partition coefficient (Wildman–Crippen LogP) is 3.78. The SMILES string of the molecule is CCNc1nnc(-c2ccc(C)c(F)c2F)c(C)c1C. The number of nitrogens with zero attached hydrogens (tertiary/aromatic N) is 2. The fraction of sp³-hybridized carbons (Fsp3) is 0.333. The molecule has 1 N–H and O–H groups in total. The maximum Gasteiger partial charge on any atom is 0.168 e. The molecule has 0 aliphatic rings. The topological polar surface area (TPSA) is 37.8 Å². The van der Waals surface area contributed by atoms with E-state index in [2.05, 4.69) is 15.5 Å². The van der Waals surface area contributed by atoms with Crippen LogP contribution < -0.4 is 5.32 Å². The lowest BCUT2D eigenvalue weighted by Gasteiger charge is -2.13. The maximum absolute atomic E-state index is 14.1. The van der Waals surface area contributed by atoms with Crippen molar-refractivity contribution >= 4 is 5.82 Å². The summed E-state index contributed by atoms with van der Waals surface area (Å²) in [5, 5.41) is 11.2. The summed E-state index contributed by atoms with van der Waals surface area (Å²) in [5.74, 6) is -1.04. The third kappa shape index (κ3) is 2.35. The van der Waals surface area contributed by atoms with E-state index in [0.29, 0.717) is 11.5 Å². The Morgan fingerprint density at radius 3 is 2.35 bits per heavy atom. The molecule has 1 aromatic carbocycles. The largest absolute Gasteiger partial charge is 0.369 e. The van der Waals surface area contributed by atoms with Gasteiger partial charge in [-0.15, -0.1) is 10.2 Å². The van der Waals surface area contributed by atoms with Crippen molar-refractivity contribution in [1.82, 2.24) is 10.2 Å². The highest BCUT2D eigenvalue weighted by Crippen LogP contribution is 2.29. The monoisotopic (exact) mass is 277 g/mol. The lowest BCUT2D eigenvalue weighted by atomic mass is 10.0. The number of halogens is 2. The van der Waals surface area contributed by atoms with Crippen LogP contribution in [0.2, 0.25) is 0 Å². The number of hydrogen-bond acceptors (Lipinski definition) is 3. The molecule has 0 radical (unpaired) electrons. The Morgan fingerprint density at radius 1 is 1.00 bits per heavy atom. The fourth-order valence-electron chi connectivity index (χ4n) is 2.03. The van der Waals surface area contributed by atoms with E-state index in [1.54, 1.807) is 6.07 Å². The van der Waals surface area contributed by atoms with Crippen LogP contribution in [0.4, 0.5) is 14.6 Å². The van der Waals surface area contributed by atoms with E-state index in [1.807, 2.05) is 20.8 Å². The number of nitrogens with one attached hydrogen (secondary N) is 1. The van der Waals surface area contributed by atoms with Gasteiger partial charge >= 0.3 is 0 Å². The lowest BCUT2D eigenvalue weighted by molar-refractivity contribution is 0.505. The van der Waals surface area contributed by atoms with E-state index < -0.39 is 11.6 Å². The number of aryl methyl sites for hydroxylation is 1. The van der Waals surface area contributed by atoms with Crippen molar-refractivity contribution in [1.29, 1.82) is 0 Å². The van der Waals surface area contributed by atoms with Gasteiger partial charge in [0, 0.05) is 12.1 Å². The van der Waals surface area contributed by atoms with E-state index in [0.717, 1.165) is 17.7 Å². The molecule has 1 heterocycles. The number of benzene rings is 1. The van der Waals surface area contributed by atoms with Gasteiger partial charge in [0.25, 0.3) is 0 Å². The standard InChI is InChI=1S/C15H17F2N3/c1-5-18-15-10(4)9(3)14(19-20-15)11-7-6-8(2)12(16)13(11)17/h6-7H,5H2,1-4H3,(H,18,20). The van der Waals surface area contributed by atoms with Crippen molar-refractivity contribution in [3.8, 4) is 11.3 Å². The second-order valence-corrected chi connectivity index (χ2v) is 4.74. The van der Waals surface area contributed by atoms with Gasteiger partial charge in [0.15, 0.2) is 17.5 Å². The van der Waals surface area contributed by atoms with Gasteiger partial charge in [-0.05, 0) is 50.5 Å². The molecule has 0 saturated heterocycles. The minimum atomic E-state index is -0.877. The Morgan fingerprint density at radius 2 is 1.70 bits per heavy atom. The van der Waals surface area contributed by atoms with Crippen LogP contribution in [0.15, 0.2) is 12.1 Å². The van der Waals surface area contributed by atoms with Crippen LogP contribution in [-0.4, -0.2) is 16.7 Å². The molecule has 1 aromatic heterocycles. The minimum Gasteiger partial charge on any atom is -0.369 e. The third-order valence-electron chi connectivity index (χ3n) is 3.40. The average Bonchev–Trinajstić information content (AvgIpc) is 2.43. The molecule has 20 heavy (non-hydrogen) atoms. The molecule has 5 heteroatoms. The van der Waals surface area contributed by atoms with Gasteiger partial charge in [-0.3, -0.25) is 0 Å². The Balaban J connectivity index is 2.60. The molecular weight excluding hydrogens is 260 g/mol. The summed E-state index contributed by atoms with van der Waals surface area (Å²) in [6.07, 6.45) is 0. The van der Waals surface area contributed by atoms with E-state index in [-0.39, 0.29) is 11.1 Å². The van der Waals surface area contributed by atoms with Crippen molar-refractivity contribution in [3.05, 3.63) is 40.5 Å². The number of rotatable bonds is 3. The van der Waals surface area contributed by atoms with E-state index in [9.17, 15) is 8.78 Å². The van der Waals surface area contributed by atoms with Crippen molar-refractivity contribution in [2.75, 3.05) is 11.9 Å². The van der Waals surface area contributed by atoms with Crippen LogP contribution in [0, 0.1) is 32.4 Å². The Bertz CT molecular complexity index is 654. The van der Waals surface area contributed by atoms with Gasteiger partial charge in [0.1, 0.15) is 0 Å². The summed E-state index contributed by atoms with van der Waals surface area (Å²) in [5.41, 5.74) is 2.47. The van der Waals surface area contributed by atoms with Crippen LogP contribution >= 0.6 is 0 Å². The van der Waals surface area contributed by atoms with Gasteiger partial charge < -0.3 is 5.32 Å². The van der Waals surface area contributed by atoms with Crippen LogP contribution in [0.25, 0.3) is 11.3 Å². The molecule has 2 aromatic rings. The van der Waals surface area contributed by atoms with Crippen molar-refractivity contribution < 1.29 is 8.78 Å². The van der Waals surface area contributed by atoms with Gasteiger partial charge in [-0.25, -0.2) is 8.78 Å². The quantitative estimate of drug-likeness (QED) is 0.927. The molecule has 0 aliphatic carbocycles. The first kappa shape index (κ1) is 14.4. The summed E-state index contributed by atoms with van der Waals surface area (Å²) in [6, 6.07) is 3.08. The summed E-state index contributed by atoms with van der Waals surface area (Å²) in [7, 11) is 0. The summed E-state index contributed by atoms with van der Waals surface area (Å²) >= 11 is 0. The van der Waals surface area contributed by atoms with Gasteiger partial charge in [-0.2, -0.15) is 0 Å². The zero-order valence-corrected chi connectivity index (χ0v) is 12.0. The molecule has 0 bridgehead atoms. The second kappa shape index (κ2) is 5.53. The van der Waals surface area contributed by atoms with Crippen LogP contribution in [-0.2, 0) is 0 Å². The van der Waals surface area contributed by atoms with Crippen molar-refractivity contribution in [2.24, 2.45) is 0 Å². The van der Waals surface area contributed by atoms with Gasteiger partial charge in [0.05, 0.1) is 5.69 Å². The third-order valence-corrected chi connectivity index (χ3v) is 3.40. The molecule has 0 aliphatic heterocycles. The number of aromatic nitrogens is 2. The first-order valence-electron chi connectivity index (χ1n) is 6.50. The van der Waals surface area contributed by atoms with E-state index in [4.69, 9.17) is 0 Å². The summed E-state index contributed by atoms with van der Waals surface area (Å²) < 4.78 is 27.7. The van der Waals surface area contributed by atoms with E-state index in [1.165, 1.54) is 13.0 Å². The molecule has 106 valence electrons. The Hall–Kier alpha value is -2.04. The zero-order chi connectivity index (χ0) is 14.9. The highest BCUT2D eigenvalue weighted by Gasteiger charge is 2.17. The molecule has 0 amide bonds. The highest BCUT2D eigenvalue weighted by molar-refractivity contribution is 5.67. The van der Waals surface area contributed by atoms with Crippen LogP contribution in [0.3, 0.4) is 0 Å². The first-order valence-corrected chi connectivity index (χ1v) is 6.50. The minimum absolute atomic E-state index is 0.143. The fourth-order valence-corrected chi connectivity index (χ4v) is 2.03. The predicted molar refractivity (Wildman–Crippen MR) is 75.8 cm³/mol. The molecular formula is C15H17F2N3. The smallest absolute Gasteiger partial charge is 0.168 e. The van der Waals surface area contributed by atoms with Crippen LogP contribution in [0.1, 0.15) is 23.6 Å². The molecule has 0 unspecified atom stereocenters. The summed E-state index contributed by atoms with van der Waals surface area (Å²) in [6.45, 7) is 7.92. The molecule has 0 fully saturated rings. The molecule has 3 nitrogen and oxygen atoms in total. The van der Waals surface area contributed by atoms with Crippen molar-refractivity contribution in [3.63, 3.8) is 0 Å². The first-order chi connectivity index (χ1) is 9.47. The van der Waals surface area contributed by atoms with E-state index >= 15 is 0 Å². The normalized spacial score (nSPS) is 10.7. The Labute approximate surface area is 117 Å². The highest BCUT2D eigenvalue weighted by atomic mass is 19.2. The second-order valence-electron chi connectivity index (χ2n) is 4.74. The molecule has 0 spiro atoms. The summed E-state index contributed by atoms with van der Waals surface area (Å²) in [4.78, 5) is 0. The number of hydrogen-bond donors (Lipinski definition) is 1. The number of anilines is 1. The lowest BCUT2D eigenvalue weighted by Crippen LogP contribution is -2.07. The van der Waals surface area contributed by atoms with Crippen molar-refractivity contribution in [2.45, 2.75) is 27.7 Å². The average molecular weight is 277 g/mol. The molecule has 0 saturated carbocycles. The Kier molecular flexibility index (Phi) is 3.97. The maximum atomic E-state index is 14.1. The zero-order valence-electron chi connectivity index (χ0n) is 12.0. The molecule has 0 atom stereocenters. The molecule has 2 rings (SSSR count). The van der Waals surface area contributed by atoms with Gasteiger partial charge in [-0.1, -0.05) is 6.07 Å². The van der Waals surface area contributed by atoms with Gasteiger partial charge in [0.2, 0.25) is 0 Å².